The maximum atomic E-state index is 12.4. The van der Waals surface area contributed by atoms with E-state index >= 15 is 0 Å². The molecule has 1 aliphatic rings. The fourth-order valence-corrected chi connectivity index (χ4v) is 4.42. The van der Waals surface area contributed by atoms with Gasteiger partial charge in [-0.15, -0.1) is 0 Å². The normalized spacial score (nSPS) is 15.9. The topological polar surface area (TPSA) is 36.1 Å². The Morgan fingerprint density at radius 2 is 2.04 bits per heavy atom. The monoisotopic (exact) mass is 338 g/mol. The van der Waals surface area contributed by atoms with Gasteiger partial charge in [0.25, 0.3) is 0 Å². The van der Waals surface area contributed by atoms with E-state index in [1.807, 2.05) is 0 Å². The minimum Gasteiger partial charge on any atom is -0.361 e. The lowest BCUT2D eigenvalue weighted by Gasteiger charge is -2.32. The summed E-state index contributed by atoms with van der Waals surface area (Å²) in [5.74, 6) is 0.862. The van der Waals surface area contributed by atoms with Gasteiger partial charge in [0.15, 0.2) is 0 Å². The van der Waals surface area contributed by atoms with Gasteiger partial charge < -0.3 is 9.88 Å². The molecule has 0 saturated carbocycles. The fourth-order valence-electron chi connectivity index (χ4n) is 3.72. The van der Waals surface area contributed by atoms with E-state index in [4.69, 9.17) is 0 Å². The first-order valence-corrected chi connectivity index (χ1v) is 9.60. The number of likely N-dealkylation sites (tertiary alicyclic amines) is 1. The van der Waals surface area contributed by atoms with Gasteiger partial charge in [0.1, 0.15) is 0 Å². The number of H-pyrrole nitrogens is 1. The molecular formula is C20H22N2OS. The zero-order chi connectivity index (χ0) is 16.4. The van der Waals surface area contributed by atoms with Gasteiger partial charge in [-0.1, -0.05) is 18.2 Å². The molecule has 1 amide bonds. The van der Waals surface area contributed by atoms with Crippen LogP contribution in [0.4, 0.5) is 0 Å². The van der Waals surface area contributed by atoms with Crippen LogP contribution in [0.25, 0.3) is 10.9 Å². The molecule has 1 aromatic carbocycles. The van der Waals surface area contributed by atoms with Gasteiger partial charge in [0.2, 0.25) is 5.91 Å². The van der Waals surface area contributed by atoms with Crippen molar-refractivity contribution < 1.29 is 4.79 Å². The molecule has 24 heavy (non-hydrogen) atoms. The van der Waals surface area contributed by atoms with Crippen molar-refractivity contribution in [2.75, 3.05) is 13.1 Å². The number of carbonyl (C=O) groups is 1. The van der Waals surface area contributed by atoms with Gasteiger partial charge in [-0.3, -0.25) is 4.79 Å². The van der Waals surface area contributed by atoms with E-state index in [2.05, 4.69) is 57.2 Å². The van der Waals surface area contributed by atoms with Crippen LogP contribution < -0.4 is 0 Å². The van der Waals surface area contributed by atoms with Gasteiger partial charge in [-0.05, 0) is 59.2 Å². The van der Waals surface area contributed by atoms with E-state index in [0.29, 0.717) is 18.2 Å². The number of amides is 1. The summed E-state index contributed by atoms with van der Waals surface area (Å²) in [6, 6.07) is 10.6. The maximum Gasteiger partial charge on any atom is 0.222 e. The number of fused-ring (bicyclic) bond motifs is 1. The van der Waals surface area contributed by atoms with E-state index in [1.54, 1.807) is 11.3 Å². The largest absolute Gasteiger partial charge is 0.361 e. The van der Waals surface area contributed by atoms with E-state index < -0.39 is 0 Å². The third-order valence-corrected chi connectivity index (χ3v) is 5.85. The second kappa shape index (κ2) is 6.81. The number of piperidine rings is 1. The second-order valence-corrected chi connectivity index (χ2v) is 7.36. The lowest BCUT2D eigenvalue weighted by Crippen LogP contribution is -2.38. The van der Waals surface area contributed by atoms with Gasteiger partial charge in [-0.25, -0.2) is 0 Å². The molecule has 3 nitrogen and oxygen atoms in total. The van der Waals surface area contributed by atoms with Crippen molar-refractivity contribution in [1.29, 1.82) is 0 Å². The van der Waals surface area contributed by atoms with Crippen LogP contribution in [-0.2, 0) is 11.2 Å². The van der Waals surface area contributed by atoms with Crippen LogP contribution in [0.3, 0.4) is 0 Å². The van der Waals surface area contributed by atoms with Crippen LogP contribution in [-0.4, -0.2) is 28.9 Å². The lowest BCUT2D eigenvalue weighted by molar-refractivity contribution is -0.132. The van der Waals surface area contributed by atoms with Crippen molar-refractivity contribution in [3.8, 4) is 0 Å². The Bertz CT molecular complexity index is 813. The molecule has 1 fully saturated rings. The predicted octanol–water partition coefficient (Wildman–Crippen LogP) is 4.57. The second-order valence-electron chi connectivity index (χ2n) is 6.58. The van der Waals surface area contributed by atoms with Gasteiger partial charge >= 0.3 is 0 Å². The molecular weight excluding hydrogens is 316 g/mol. The summed E-state index contributed by atoms with van der Waals surface area (Å²) in [7, 11) is 0. The Balaban J connectivity index is 1.35. The smallest absolute Gasteiger partial charge is 0.222 e. The Labute approximate surface area is 146 Å². The van der Waals surface area contributed by atoms with Crippen LogP contribution in [0.1, 0.15) is 36.3 Å². The summed E-state index contributed by atoms with van der Waals surface area (Å²) < 4.78 is 0. The number of benzene rings is 1. The number of nitrogens with zero attached hydrogens (tertiary/aromatic N) is 1. The first-order valence-electron chi connectivity index (χ1n) is 8.66. The van der Waals surface area contributed by atoms with Crippen LogP contribution in [0.2, 0.25) is 0 Å². The maximum absolute atomic E-state index is 12.4. The van der Waals surface area contributed by atoms with Crippen LogP contribution in [0.5, 0.6) is 0 Å². The predicted molar refractivity (Wildman–Crippen MR) is 99.5 cm³/mol. The molecule has 0 atom stereocenters. The third-order valence-electron chi connectivity index (χ3n) is 5.12. The van der Waals surface area contributed by atoms with Gasteiger partial charge in [0.05, 0.1) is 0 Å². The molecule has 0 spiro atoms. The van der Waals surface area contributed by atoms with Crippen LogP contribution in [0.15, 0.2) is 47.3 Å². The van der Waals surface area contributed by atoms with Crippen molar-refractivity contribution in [3.63, 3.8) is 0 Å². The fraction of sp³-hybridized carbons (Fsp3) is 0.350. The number of rotatable bonds is 4. The molecule has 0 unspecified atom stereocenters. The zero-order valence-corrected chi connectivity index (χ0v) is 14.5. The van der Waals surface area contributed by atoms with E-state index in [0.717, 1.165) is 32.4 Å². The quantitative estimate of drug-likeness (QED) is 0.743. The first-order chi connectivity index (χ1) is 11.8. The lowest BCUT2D eigenvalue weighted by atomic mass is 9.89. The number of para-hydroxylation sites is 1. The summed E-state index contributed by atoms with van der Waals surface area (Å²) in [5, 5.41) is 5.54. The standard InChI is InChI=1S/C20H22N2OS/c23-20(6-5-15-9-12-24-14-15)22-10-7-16(8-11-22)18-13-21-19-4-2-1-3-17(18)19/h1-4,9,12-14,16,21H,5-8,10-11H2. The number of hydrogen-bond acceptors (Lipinski definition) is 2. The van der Waals surface area contributed by atoms with Gasteiger partial charge in [0, 0.05) is 36.6 Å². The number of aromatic amines is 1. The molecule has 4 rings (SSSR count). The van der Waals surface area contributed by atoms with Crippen LogP contribution in [0, 0.1) is 0 Å². The molecule has 1 N–H and O–H groups in total. The Kier molecular flexibility index (Phi) is 4.39. The number of nitrogens with one attached hydrogen (secondary N) is 1. The molecule has 0 bridgehead atoms. The van der Waals surface area contributed by atoms with Crippen molar-refractivity contribution in [2.45, 2.75) is 31.6 Å². The molecule has 1 aliphatic heterocycles. The highest BCUT2D eigenvalue weighted by Crippen LogP contribution is 2.33. The SMILES string of the molecule is O=C(CCc1ccsc1)N1CCC(c2c[nH]c3ccccc23)CC1. The molecule has 2 aromatic heterocycles. The average molecular weight is 338 g/mol. The molecule has 124 valence electrons. The first kappa shape index (κ1) is 15.5. The zero-order valence-electron chi connectivity index (χ0n) is 13.7. The summed E-state index contributed by atoms with van der Waals surface area (Å²) in [4.78, 5) is 17.9. The summed E-state index contributed by atoms with van der Waals surface area (Å²) in [6.45, 7) is 1.76. The van der Waals surface area contributed by atoms with E-state index in [-0.39, 0.29) is 0 Å². The highest BCUT2D eigenvalue weighted by molar-refractivity contribution is 7.07. The number of thiophene rings is 1. The van der Waals surface area contributed by atoms with Crippen molar-refractivity contribution in [1.82, 2.24) is 9.88 Å². The number of hydrogen-bond donors (Lipinski definition) is 1. The van der Waals surface area contributed by atoms with Crippen LogP contribution >= 0.6 is 11.3 Å². The number of carbonyl (C=O) groups excluding carboxylic acids is 1. The number of aromatic nitrogens is 1. The van der Waals surface area contributed by atoms with Gasteiger partial charge in [-0.2, -0.15) is 11.3 Å². The average Bonchev–Trinajstić information content (AvgIpc) is 3.29. The Morgan fingerprint density at radius 3 is 2.83 bits per heavy atom. The number of aryl methyl sites for hydroxylation is 1. The highest BCUT2D eigenvalue weighted by Gasteiger charge is 2.25. The summed E-state index contributed by atoms with van der Waals surface area (Å²) in [5.41, 5.74) is 3.90. The van der Waals surface area contributed by atoms with E-state index in [9.17, 15) is 4.79 Å². The molecule has 3 aromatic rings. The molecule has 0 aliphatic carbocycles. The van der Waals surface area contributed by atoms with E-state index in [1.165, 1.54) is 22.0 Å². The summed E-state index contributed by atoms with van der Waals surface area (Å²) in [6.07, 6.45) is 5.78. The van der Waals surface area contributed by atoms with Crippen molar-refractivity contribution >= 4 is 28.1 Å². The minimum atomic E-state index is 0.304. The minimum absolute atomic E-state index is 0.304. The van der Waals surface area contributed by atoms with Crippen molar-refractivity contribution in [3.05, 3.63) is 58.4 Å². The highest BCUT2D eigenvalue weighted by atomic mass is 32.1. The Hall–Kier alpha value is -2.07. The Morgan fingerprint density at radius 1 is 1.21 bits per heavy atom. The summed E-state index contributed by atoms with van der Waals surface area (Å²) >= 11 is 1.70. The molecule has 3 heterocycles. The molecule has 1 saturated heterocycles. The molecule has 0 radical (unpaired) electrons. The van der Waals surface area contributed by atoms with Crippen molar-refractivity contribution in [2.24, 2.45) is 0 Å². The third kappa shape index (κ3) is 3.11. The molecule has 4 heteroatoms.